The number of halogens is 2. The number of carbonyl (C=O) groups excluding carboxylic acids is 1. The lowest BCUT2D eigenvalue weighted by Crippen LogP contribution is -2.41. The number of H-pyrrole nitrogens is 1. The van der Waals surface area contributed by atoms with Gasteiger partial charge in [0.05, 0.1) is 12.2 Å². The Morgan fingerprint density at radius 3 is 2.61 bits per heavy atom. The molecule has 0 bridgehead atoms. The van der Waals surface area contributed by atoms with Crippen LogP contribution in [0.15, 0.2) is 53.7 Å². The Balaban J connectivity index is 1.41. The third kappa shape index (κ3) is 6.22. The van der Waals surface area contributed by atoms with Crippen LogP contribution in [-0.2, 0) is 27.5 Å². The SMILES string of the molecule is C[C@H](C(=O)Cc1cccc2c(-c3nc(Cc4cccc(S(C)(=O)=O)c4F)ncc3F)c[nH]c12)N1CCCN(C)CC1. The molecule has 1 aliphatic heterocycles. The van der Waals surface area contributed by atoms with E-state index >= 15 is 4.39 Å². The molecule has 1 aliphatic rings. The molecule has 0 spiro atoms. The Morgan fingerprint density at radius 1 is 1.07 bits per heavy atom. The molecular formula is C30H33F2N5O3S. The summed E-state index contributed by atoms with van der Waals surface area (Å²) in [6.07, 6.45) is 4.75. The van der Waals surface area contributed by atoms with Gasteiger partial charge in [-0.2, -0.15) is 0 Å². The number of aromatic nitrogens is 3. The highest BCUT2D eigenvalue weighted by atomic mass is 32.2. The number of para-hydroxylation sites is 1. The predicted molar refractivity (Wildman–Crippen MR) is 153 cm³/mol. The van der Waals surface area contributed by atoms with Crippen LogP contribution in [0.25, 0.3) is 22.2 Å². The lowest BCUT2D eigenvalue weighted by Gasteiger charge is -2.26. The summed E-state index contributed by atoms with van der Waals surface area (Å²) in [7, 11) is -1.67. The van der Waals surface area contributed by atoms with Gasteiger partial charge in [-0.15, -0.1) is 0 Å². The predicted octanol–water partition coefficient (Wildman–Crippen LogP) is 4.04. The maximum atomic E-state index is 15.0. The van der Waals surface area contributed by atoms with E-state index in [1.165, 1.54) is 18.2 Å². The maximum Gasteiger partial charge on any atom is 0.178 e. The monoisotopic (exact) mass is 581 g/mol. The Hall–Kier alpha value is -3.54. The highest BCUT2D eigenvalue weighted by Crippen LogP contribution is 2.31. The van der Waals surface area contributed by atoms with Crippen molar-refractivity contribution in [3.8, 4) is 11.3 Å². The van der Waals surface area contributed by atoms with Gasteiger partial charge < -0.3 is 9.88 Å². The van der Waals surface area contributed by atoms with Crippen molar-refractivity contribution in [2.75, 3.05) is 39.5 Å². The van der Waals surface area contributed by atoms with Gasteiger partial charge in [0.15, 0.2) is 21.4 Å². The first-order valence-electron chi connectivity index (χ1n) is 13.6. The van der Waals surface area contributed by atoms with E-state index in [1.54, 1.807) is 6.20 Å². The van der Waals surface area contributed by atoms with Crippen molar-refractivity contribution in [1.82, 2.24) is 24.8 Å². The van der Waals surface area contributed by atoms with Crippen LogP contribution in [0.4, 0.5) is 8.78 Å². The Labute approximate surface area is 238 Å². The number of sulfone groups is 1. The second-order valence-electron chi connectivity index (χ2n) is 10.7. The van der Waals surface area contributed by atoms with Crippen molar-refractivity contribution >= 4 is 26.5 Å². The lowest BCUT2D eigenvalue weighted by molar-refractivity contribution is -0.123. The number of ketones is 1. The molecule has 41 heavy (non-hydrogen) atoms. The van der Waals surface area contributed by atoms with Crippen LogP contribution >= 0.6 is 0 Å². The van der Waals surface area contributed by atoms with E-state index in [0.717, 1.165) is 56.1 Å². The summed E-state index contributed by atoms with van der Waals surface area (Å²) < 4.78 is 53.8. The van der Waals surface area contributed by atoms with Crippen molar-refractivity contribution < 1.29 is 22.0 Å². The number of nitrogens with zero attached hydrogens (tertiary/aromatic N) is 4. The quantitative estimate of drug-likeness (QED) is 0.335. The number of rotatable bonds is 8. The number of benzene rings is 2. The van der Waals surface area contributed by atoms with E-state index in [4.69, 9.17) is 0 Å². The number of aromatic amines is 1. The van der Waals surface area contributed by atoms with Crippen LogP contribution in [0.3, 0.4) is 0 Å². The number of carbonyl (C=O) groups is 1. The average molecular weight is 582 g/mol. The average Bonchev–Trinajstić information content (AvgIpc) is 3.24. The van der Waals surface area contributed by atoms with Crippen LogP contribution in [0, 0.1) is 11.6 Å². The van der Waals surface area contributed by atoms with Gasteiger partial charge >= 0.3 is 0 Å². The third-order valence-electron chi connectivity index (χ3n) is 7.77. The molecule has 3 heterocycles. The number of Topliss-reactive ketones (excluding diaryl/α,β-unsaturated/α-hetero) is 1. The van der Waals surface area contributed by atoms with E-state index in [1.807, 2.05) is 25.1 Å². The summed E-state index contributed by atoms with van der Waals surface area (Å²) in [6, 6.07) is 9.45. The van der Waals surface area contributed by atoms with Crippen molar-refractivity contribution in [3.63, 3.8) is 0 Å². The largest absolute Gasteiger partial charge is 0.360 e. The number of fused-ring (bicyclic) bond motifs is 1. The van der Waals surface area contributed by atoms with Gasteiger partial charge in [-0.05, 0) is 44.1 Å². The van der Waals surface area contributed by atoms with Crippen LogP contribution in [0.5, 0.6) is 0 Å². The van der Waals surface area contributed by atoms with Gasteiger partial charge in [-0.25, -0.2) is 27.2 Å². The molecule has 4 aromatic rings. The first-order chi connectivity index (χ1) is 19.5. The van der Waals surface area contributed by atoms with Crippen molar-refractivity contribution in [2.24, 2.45) is 0 Å². The molecular weight excluding hydrogens is 548 g/mol. The molecule has 216 valence electrons. The zero-order chi connectivity index (χ0) is 29.3. The molecule has 8 nitrogen and oxygen atoms in total. The van der Waals surface area contributed by atoms with Crippen LogP contribution < -0.4 is 0 Å². The van der Waals surface area contributed by atoms with Gasteiger partial charge in [-0.3, -0.25) is 9.69 Å². The number of hydrogen-bond donors (Lipinski definition) is 1. The fourth-order valence-corrected chi connectivity index (χ4v) is 6.16. The minimum absolute atomic E-state index is 0.0338. The third-order valence-corrected chi connectivity index (χ3v) is 8.89. The van der Waals surface area contributed by atoms with Crippen molar-refractivity contribution in [2.45, 2.75) is 37.1 Å². The summed E-state index contributed by atoms with van der Waals surface area (Å²) in [5, 5.41) is 0.702. The molecule has 0 radical (unpaired) electrons. The standard InChI is InChI=1S/C30H33F2N5O3S/c1-19(37-12-6-11-36(2)13-14-37)25(38)15-21-8-4-9-22-23(17-34-29(21)22)30-24(31)18-33-27(35-30)16-20-7-5-10-26(28(20)32)41(3,39)40/h4-5,7-10,17-19,34H,6,11-16H2,1-3H3/t19-/m1/s1. The fraction of sp³-hybridized carbons (Fsp3) is 0.367. The molecule has 0 aliphatic carbocycles. The molecule has 11 heteroatoms. The van der Waals surface area contributed by atoms with Gasteiger partial charge in [0.2, 0.25) is 0 Å². The topological polar surface area (TPSA) is 99.3 Å². The van der Waals surface area contributed by atoms with E-state index in [0.29, 0.717) is 10.9 Å². The second-order valence-corrected chi connectivity index (χ2v) is 12.7. The van der Waals surface area contributed by atoms with Gasteiger partial charge in [0.25, 0.3) is 0 Å². The van der Waals surface area contributed by atoms with Crippen molar-refractivity contribution in [1.29, 1.82) is 0 Å². The number of likely N-dealkylation sites (N-methyl/N-ethyl adjacent to an activating group) is 1. The van der Waals surface area contributed by atoms with E-state index < -0.39 is 26.4 Å². The smallest absolute Gasteiger partial charge is 0.178 e. The summed E-state index contributed by atoms with van der Waals surface area (Å²) in [6.45, 7) is 5.63. The summed E-state index contributed by atoms with van der Waals surface area (Å²) in [4.78, 5) is 29.0. The van der Waals surface area contributed by atoms with Crippen LogP contribution in [0.2, 0.25) is 0 Å². The summed E-state index contributed by atoms with van der Waals surface area (Å²) in [5.74, 6) is -1.26. The van der Waals surface area contributed by atoms with E-state index in [9.17, 15) is 17.6 Å². The first-order valence-corrected chi connectivity index (χ1v) is 15.5. The molecule has 1 fully saturated rings. The molecule has 5 rings (SSSR count). The number of nitrogens with one attached hydrogen (secondary N) is 1. The van der Waals surface area contributed by atoms with E-state index in [2.05, 4.69) is 31.8 Å². The molecule has 1 N–H and O–H groups in total. The van der Waals surface area contributed by atoms with Crippen LogP contribution in [0.1, 0.15) is 30.3 Å². The molecule has 0 amide bonds. The molecule has 0 saturated carbocycles. The minimum atomic E-state index is -3.76. The zero-order valence-electron chi connectivity index (χ0n) is 23.3. The minimum Gasteiger partial charge on any atom is -0.360 e. The Kier molecular flexibility index (Phi) is 8.30. The van der Waals surface area contributed by atoms with E-state index in [-0.39, 0.29) is 41.7 Å². The summed E-state index contributed by atoms with van der Waals surface area (Å²) in [5.41, 5.74) is 2.16. The van der Waals surface area contributed by atoms with Crippen molar-refractivity contribution in [3.05, 3.63) is 77.4 Å². The second kappa shape index (κ2) is 11.8. The molecule has 2 aromatic carbocycles. The van der Waals surface area contributed by atoms with Crippen LogP contribution in [-0.4, -0.2) is 84.5 Å². The van der Waals surface area contributed by atoms with Gasteiger partial charge in [0, 0.05) is 61.4 Å². The maximum absolute atomic E-state index is 15.0. The molecule has 0 unspecified atom stereocenters. The Bertz CT molecular complexity index is 1710. The molecule has 1 atom stereocenters. The fourth-order valence-electron chi connectivity index (χ4n) is 5.38. The van der Waals surface area contributed by atoms with Gasteiger partial charge in [-0.1, -0.05) is 30.3 Å². The Morgan fingerprint density at radius 2 is 1.83 bits per heavy atom. The summed E-state index contributed by atoms with van der Waals surface area (Å²) >= 11 is 0. The number of hydrogen-bond acceptors (Lipinski definition) is 7. The zero-order valence-corrected chi connectivity index (χ0v) is 24.1. The first kappa shape index (κ1) is 29.0. The van der Waals surface area contributed by atoms with Gasteiger partial charge in [0.1, 0.15) is 22.2 Å². The highest BCUT2D eigenvalue weighted by molar-refractivity contribution is 7.90. The lowest BCUT2D eigenvalue weighted by atomic mass is 10.00. The molecule has 1 saturated heterocycles. The normalized spacial score (nSPS) is 16.1. The molecule has 2 aromatic heterocycles. The highest BCUT2D eigenvalue weighted by Gasteiger charge is 2.25.